The standard InChI is InChI=1S/C8H14N2S2/c1-10(3-2-4-11)5-8-6-12-7-9-8/h6-7,11H,2-5H2,1H3. The van der Waals surface area contributed by atoms with E-state index < -0.39 is 0 Å². The van der Waals surface area contributed by atoms with Crippen molar-refractivity contribution in [2.75, 3.05) is 19.3 Å². The molecule has 12 heavy (non-hydrogen) atoms. The van der Waals surface area contributed by atoms with Crippen LogP contribution in [0.15, 0.2) is 10.9 Å². The number of thiol groups is 1. The second kappa shape index (κ2) is 5.56. The minimum Gasteiger partial charge on any atom is -0.300 e. The van der Waals surface area contributed by atoms with Crippen molar-refractivity contribution in [2.45, 2.75) is 13.0 Å². The zero-order valence-corrected chi connectivity index (χ0v) is 8.94. The second-order valence-electron chi connectivity index (χ2n) is 2.79. The minimum atomic E-state index is 0.956. The average Bonchev–Trinajstić information content (AvgIpc) is 2.53. The molecule has 0 amide bonds. The van der Waals surface area contributed by atoms with Gasteiger partial charge in [0.25, 0.3) is 0 Å². The summed E-state index contributed by atoms with van der Waals surface area (Å²) in [4.78, 5) is 6.49. The Labute approximate surface area is 83.0 Å². The second-order valence-corrected chi connectivity index (χ2v) is 3.96. The fraction of sp³-hybridized carbons (Fsp3) is 0.625. The third-order valence-electron chi connectivity index (χ3n) is 1.61. The van der Waals surface area contributed by atoms with Crippen LogP contribution in [0.1, 0.15) is 12.1 Å². The zero-order valence-electron chi connectivity index (χ0n) is 7.23. The molecular formula is C8H14N2S2. The Morgan fingerprint density at radius 2 is 2.50 bits per heavy atom. The summed E-state index contributed by atoms with van der Waals surface area (Å²) in [5, 5.41) is 2.09. The summed E-state index contributed by atoms with van der Waals surface area (Å²) in [6.07, 6.45) is 1.14. The van der Waals surface area contributed by atoms with Gasteiger partial charge in [-0.15, -0.1) is 11.3 Å². The molecule has 0 aliphatic rings. The zero-order chi connectivity index (χ0) is 8.81. The van der Waals surface area contributed by atoms with E-state index in [0.717, 1.165) is 25.3 Å². The Morgan fingerprint density at radius 3 is 3.08 bits per heavy atom. The molecule has 0 aliphatic heterocycles. The van der Waals surface area contributed by atoms with Crippen molar-refractivity contribution in [1.29, 1.82) is 0 Å². The molecule has 0 unspecified atom stereocenters. The number of hydrogen-bond acceptors (Lipinski definition) is 4. The van der Waals surface area contributed by atoms with E-state index in [1.54, 1.807) is 11.3 Å². The lowest BCUT2D eigenvalue weighted by Crippen LogP contribution is -2.19. The van der Waals surface area contributed by atoms with Gasteiger partial charge in [0, 0.05) is 11.9 Å². The molecule has 0 bridgehead atoms. The topological polar surface area (TPSA) is 16.1 Å². The highest BCUT2D eigenvalue weighted by atomic mass is 32.1. The van der Waals surface area contributed by atoms with Gasteiger partial charge in [0.2, 0.25) is 0 Å². The van der Waals surface area contributed by atoms with E-state index in [1.165, 1.54) is 5.69 Å². The molecule has 0 atom stereocenters. The maximum absolute atomic E-state index is 4.22. The maximum Gasteiger partial charge on any atom is 0.0795 e. The summed E-state index contributed by atoms with van der Waals surface area (Å²) in [6.45, 7) is 2.05. The molecule has 0 radical (unpaired) electrons. The van der Waals surface area contributed by atoms with Crippen molar-refractivity contribution in [3.63, 3.8) is 0 Å². The van der Waals surface area contributed by atoms with E-state index in [2.05, 4.69) is 34.9 Å². The van der Waals surface area contributed by atoms with Crippen LogP contribution in [0.2, 0.25) is 0 Å². The summed E-state index contributed by atoms with van der Waals surface area (Å²) >= 11 is 5.82. The van der Waals surface area contributed by atoms with E-state index in [4.69, 9.17) is 0 Å². The molecule has 0 N–H and O–H groups in total. The lowest BCUT2D eigenvalue weighted by atomic mass is 10.4. The van der Waals surface area contributed by atoms with Crippen LogP contribution >= 0.6 is 24.0 Å². The van der Waals surface area contributed by atoms with Gasteiger partial charge in [-0.05, 0) is 25.8 Å². The average molecular weight is 202 g/mol. The van der Waals surface area contributed by atoms with Crippen LogP contribution < -0.4 is 0 Å². The molecule has 0 saturated carbocycles. The summed E-state index contributed by atoms with van der Waals surface area (Å²) < 4.78 is 0. The normalized spacial score (nSPS) is 10.9. The molecule has 0 fully saturated rings. The van der Waals surface area contributed by atoms with Gasteiger partial charge in [0.05, 0.1) is 11.2 Å². The van der Waals surface area contributed by atoms with Crippen molar-refractivity contribution in [3.05, 3.63) is 16.6 Å². The monoisotopic (exact) mass is 202 g/mol. The first kappa shape index (κ1) is 10.0. The van der Waals surface area contributed by atoms with Crippen molar-refractivity contribution in [3.8, 4) is 0 Å². The molecule has 4 heteroatoms. The molecule has 1 aromatic heterocycles. The van der Waals surface area contributed by atoms with E-state index in [1.807, 2.05) is 5.51 Å². The van der Waals surface area contributed by atoms with Crippen molar-refractivity contribution < 1.29 is 0 Å². The van der Waals surface area contributed by atoms with Gasteiger partial charge in [0.15, 0.2) is 0 Å². The lowest BCUT2D eigenvalue weighted by Gasteiger charge is -2.13. The molecule has 2 nitrogen and oxygen atoms in total. The van der Waals surface area contributed by atoms with Gasteiger partial charge in [-0.2, -0.15) is 12.6 Å². The van der Waals surface area contributed by atoms with Gasteiger partial charge >= 0.3 is 0 Å². The highest BCUT2D eigenvalue weighted by Gasteiger charge is 2.00. The summed E-state index contributed by atoms with van der Waals surface area (Å²) in [7, 11) is 2.11. The summed E-state index contributed by atoms with van der Waals surface area (Å²) in [6, 6.07) is 0. The molecule has 0 saturated heterocycles. The van der Waals surface area contributed by atoms with Gasteiger partial charge in [0.1, 0.15) is 0 Å². The van der Waals surface area contributed by atoms with Crippen LogP contribution in [0, 0.1) is 0 Å². The van der Waals surface area contributed by atoms with Crippen LogP contribution in [0.4, 0.5) is 0 Å². The van der Waals surface area contributed by atoms with Gasteiger partial charge in [-0.25, -0.2) is 4.98 Å². The van der Waals surface area contributed by atoms with Crippen LogP contribution in [0.25, 0.3) is 0 Å². The fourth-order valence-electron chi connectivity index (χ4n) is 1.01. The van der Waals surface area contributed by atoms with Crippen molar-refractivity contribution in [2.24, 2.45) is 0 Å². The van der Waals surface area contributed by atoms with Gasteiger partial charge in [-0.1, -0.05) is 0 Å². The summed E-state index contributed by atoms with van der Waals surface area (Å²) in [5.74, 6) is 0.960. The maximum atomic E-state index is 4.22. The predicted octanol–water partition coefficient (Wildman–Crippen LogP) is 1.89. The predicted molar refractivity (Wildman–Crippen MR) is 56.9 cm³/mol. The van der Waals surface area contributed by atoms with Crippen LogP contribution in [0.3, 0.4) is 0 Å². The van der Waals surface area contributed by atoms with Crippen LogP contribution in [0.5, 0.6) is 0 Å². The molecule has 0 aromatic carbocycles. The Morgan fingerprint density at radius 1 is 1.67 bits per heavy atom. The van der Waals surface area contributed by atoms with E-state index in [0.29, 0.717) is 0 Å². The molecule has 1 heterocycles. The molecular weight excluding hydrogens is 188 g/mol. The quantitative estimate of drug-likeness (QED) is 0.734. The number of rotatable bonds is 5. The Balaban J connectivity index is 2.22. The molecule has 1 rings (SSSR count). The molecule has 1 aromatic rings. The van der Waals surface area contributed by atoms with Crippen molar-refractivity contribution >= 4 is 24.0 Å². The van der Waals surface area contributed by atoms with E-state index >= 15 is 0 Å². The first-order valence-electron chi connectivity index (χ1n) is 3.99. The van der Waals surface area contributed by atoms with Crippen molar-refractivity contribution in [1.82, 2.24) is 9.88 Å². The highest BCUT2D eigenvalue weighted by Crippen LogP contribution is 2.04. The molecule has 0 aliphatic carbocycles. The fourth-order valence-corrected chi connectivity index (χ4v) is 1.70. The van der Waals surface area contributed by atoms with E-state index in [-0.39, 0.29) is 0 Å². The van der Waals surface area contributed by atoms with Crippen LogP contribution in [-0.2, 0) is 6.54 Å². The largest absolute Gasteiger partial charge is 0.300 e. The number of nitrogens with zero attached hydrogens (tertiary/aromatic N) is 2. The number of hydrogen-bond donors (Lipinski definition) is 1. The van der Waals surface area contributed by atoms with Gasteiger partial charge < -0.3 is 4.90 Å². The Kier molecular flexibility index (Phi) is 4.65. The molecule has 0 spiro atoms. The lowest BCUT2D eigenvalue weighted by molar-refractivity contribution is 0.325. The van der Waals surface area contributed by atoms with E-state index in [9.17, 15) is 0 Å². The van der Waals surface area contributed by atoms with Crippen LogP contribution in [-0.4, -0.2) is 29.2 Å². The minimum absolute atomic E-state index is 0.956. The smallest absolute Gasteiger partial charge is 0.0795 e. The summed E-state index contributed by atoms with van der Waals surface area (Å²) in [5.41, 5.74) is 3.04. The first-order valence-corrected chi connectivity index (χ1v) is 5.57. The third kappa shape index (κ3) is 3.56. The highest BCUT2D eigenvalue weighted by molar-refractivity contribution is 7.80. The SMILES string of the molecule is CN(CCCS)Cc1cscn1. The third-order valence-corrected chi connectivity index (χ3v) is 2.56. The van der Waals surface area contributed by atoms with Gasteiger partial charge in [-0.3, -0.25) is 0 Å². The number of aromatic nitrogens is 1. The Hall–Kier alpha value is -0.0600. The number of thiazole rings is 1. The first-order chi connectivity index (χ1) is 5.83. The Bertz CT molecular complexity index is 199. The molecule has 68 valence electrons.